The third-order valence-corrected chi connectivity index (χ3v) is 6.29. The van der Waals surface area contributed by atoms with Gasteiger partial charge in [-0.1, -0.05) is 20.3 Å². The summed E-state index contributed by atoms with van der Waals surface area (Å²) in [6.45, 7) is 4.22. The summed E-state index contributed by atoms with van der Waals surface area (Å²) in [5.74, 6) is -3.31. The van der Waals surface area contributed by atoms with Crippen LogP contribution in [0.5, 0.6) is 0 Å². The Morgan fingerprint density at radius 3 is 2.38 bits per heavy atom. The molecular weight excluding hydrogens is 438 g/mol. The number of rotatable bonds is 13. The van der Waals surface area contributed by atoms with Crippen LogP contribution in [0.3, 0.4) is 0 Å². The molecule has 7 N–H and O–H groups in total. The van der Waals surface area contributed by atoms with Gasteiger partial charge in [-0.15, -0.1) is 0 Å². The summed E-state index contributed by atoms with van der Waals surface area (Å²) in [6.07, 6.45) is 3.32. The molecule has 0 aromatic heterocycles. The highest BCUT2D eigenvalue weighted by molar-refractivity contribution is 7.98. The third kappa shape index (κ3) is 7.97. The van der Waals surface area contributed by atoms with Crippen molar-refractivity contribution in [1.29, 1.82) is 0 Å². The van der Waals surface area contributed by atoms with Gasteiger partial charge in [-0.05, 0) is 37.2 Å². The van der Waals surface area contributed by atoms with Crippen LogP contribution in [0.4, 0.5) is 0 Å². The first kappa shape index (κ1) is 27.7. The maximum Gasteiger partial charge on any atom is 0.326 e. The molecule has 0 saturated carbocycles. The van der Waals surface area contributed by atoms with E-state index in [4.69, 9.17) is 11.5 Å². The van der Waals surface area contributed by atoms with Crippen molar-refractivity contribution in [2.45, 2.75) is 70.1 Å². The summed E-state index contributed by atoms with van der Waals surface area (Å²) < 4.78 is 0. The van der Waals surface area contributed by atoms with Gasteiger partial charge in [-0.25, -0.2) is 4.79 Å². The zero-order valence-corrected chi connectivity index (χ0v) is 19.7. The van der Waals surface area contributed by atoms with Gasteiger partial charge < -0.3 is 32.1 Å². The van der Waals surface area contributed by atoms with Crippen molar-refractivity contribution in [2.75, 3.05) is 18.6 Å². The molecule has 5 unspecified atom stereocenters. The van der Waals surface area contributed by atoms with Crippen LogP contribution in [0.1, 0.15) is 46.0 Å². The van der Waals surface area contributed by atoms with Crippen molar-refractivity contribution in [3.8, 4) is 0 Å². The molecule has 0 aromatic rings. The van der Waals surface area contributed by atoms with Gasteiger partial charge in [0.1, 0.15) is 18.1 Å². The molecule has 0 aromatic carbocycles. The number of carbonyl (C=O) groups excluding carboxylic acids is 4. The fourth-order valence-corrected chi connectivity index (χ4v) is 3.91. The molecule has 1 aliphatic heterocycles. The number of nitrogens with zero attached hydrogens (tertiary/aromatic N) is 1. The van der Waals surface area contributed by atoms with Crippen molar-refractivity contribution in [3.05, 3.63) is 0 Å². The van der Waals surface area contributed by atoms with Crippen molar-refractivity contribution in [2.24, 2.45) is 17.4 Å². The number of primary amides is 1. The van der Waals surface area contributed by atoms with Crippen LogP contribution < -0.4 is 22.1 Å². The topological polar surface area (TPSA) is 185 Å². The summed E-state index contributed by atoms with van der Waals surface area (Å²) in [5, 5.41) is 14.1. The smallest absolute Gasteiger partial charge is 0.326 e. The highest BCUT2D eigenvalue weighted by atomic mass is 32.2. The van der Waals surface area contributed by atoms with E-state index in [1.54, 1.807) is 0 Å². The van der Waals surface area contributed by atoms with Crippen LogP contribution in [0.2, 0.25) is 0 Å². The van der Waals surface area contributed by atoms with E-state index in [1.165, 1.54) is 16.7 Å². The summed E-state index contributed by atoms with van der Waals surface area (Å²) in [5.41, 5.74) is 11.1. The largest absolute Gasteiger partial charge is 0.480 e. The second-order valence-electron chi connectivity index (χ2n) is 8.01. The Labute approximate surface area is 192 Å². The molecule has 182 valence electrons. The number of thioether (sulfide) groups is 1. The Bertz CT molecular complexity index is 706. The van der Waals surface area contributed by atoms with E-state index in [0.29, 0.717) is 25.1 Å². The highest BCUT2D eigenvalue weighted by Crippen LogP contribution is 2.21. The molecule has 0 bridgehead atoms. The van der Waals surface area contributed by atoms with E-state index in [1.807, 2.05) is 20.1 Å². The highest BCUT2D eigenvalue weighted by Gasteiger charge is 2.38. The van der Waals surface area contributed by atoms with Crippen molar-refractivity contribution >= 4 is 41.4 Å². The molecule has 32 heavy (non-hydrogen) atoms. The molecule has 4 amide bonds. The van der Waals surface area contributed by atoms with Crippen LogP contribution in [-0.2, 0) is 24.0 Å². The van der Waals surface area contributed by atoms with E-state index >= 15 is 0 Å². The normalized spacial score (nSPS) is 19.5. The van der Waals surface area contributed by atoms with Crippen LogP contribution in [-0.4, -0.2) is 82.3 Å². The maximum absolute atomic E-state index is 13.0. The average Bonchev–Trinajstić information content (AvgIpc) is 3.23. The van der Waals surface area contributed by atoms with E-state index < -0.39 is 54.3 Å². The Hall–Kier alpha value is -2.34. The number of carboxylic acids is 1. The average molecular weight is 474 g/mol. The third-order valence-electron chi connectivity index (χ3n) is 5.64. The predicted octanol–water partition coefficient (Wildman–Crippen LogP) is -0.966. The molecule has 5 atom stereocenters. The van der Waals surface area contributed by atoms with Crippen molar-refractivity contribution in [3.63, 3.8) is 0 Å². The quantitative estimate of drug-likeness (QED) is 0.226. The number of amides is 4. The second-order valence-corrected chi connectivity index (χ2v) is 9.00. The molecule has 1 fully saturated rings. The Morgan fingerprint density at radius 2 is 1.84 bits per heavy atom. The lowest BCUT2D eigenvalue weighted by atomic mass is 9.98. The zero-order valence-electron chi connectivity index (χ0n) is 18.8. The Kier molecular flexibility index (Phi) is 11.5. The van der Waals surface area contributed by atoms with Gasteiger partial charge in [0.05, 0.1) is 12.5 Å². The van der Waals surface area contributed by atoms with Crippen LogP contribution in [0, 0.1) is 5.92 Å². The second kappa shape index (κ2) is 13.3. The molecule has 1 saturated heterocycles. The van der Waals surface area contributed by atoms with Gasteiger partial charge >= 0.3 is 5.97 Å². The lowest BCUT2D eigenvalue weighted by Gasteiger charge is -2.30. The van der Waals surface area contributed by atoms with E-state index in [-0.39, 0.29) is 18.2 Å². The van der Waals surface area contributed by atoms with E-state index in [0.717, 1.165) is 6.42 Å². The summed E-state index contributed by atoms with van der Waals surface area (Å²) in [6, 6.07) is -3.98. The van der Waals surface area contributed by atoms with Crippen LogP contribution >= 0.6 is 11.8 Å². The SMILES string of the molecule is CCC(C)C(N)C(=O)N1CCCC1C(=O)NC(CCSC)C(=O)NC(CC(N)=O)C(=O)O. The van der Waals surface area contributed by atoms with Gasteiger partial charge in [-0.3, -0.25) is 19.2 Å². The van der Waals surface area contributed by atoms with Gasteiger partial charge in [0.25, 0.3) is 0 Å². The lowest BCUT2D eigenvalue weighted by Crippen LogP contribution is -2.57. The monoisotopic (exact) mass is 473 g/mol. The fourth-order valence-electron chi connectivity index (χ4n) is 3.44. The molecule has 0 aliphatic carbocycles. The number of aliphatic carboxylic acids is 1. The van der Waals surface area contributed by atoms with Gasteiger partial charge in [0, 0.05) is 6.54 Å². The number of carbonyl (C=O) groups is 5. The molecule has 0 radical (unpaired) electrons. The molecule has 11 nitrogen and oxygen atoms in total. The molecule has 1 rings (SSSR count). The van der Waals surface area contributed by atoms with Crippen molar-refractivity contribution < 1.29 is 29.1 Å². The van der Waals surface area contributed by atoms with Gasteiger partial charge in [0.2, 0.25) is 23.6 Å². The minimum Gasteiger partial charge on any atom is -0.480 e. The van der Waals surface area contributed by atoms with E-state index in [9.17, 15) is 29.1 Å². The van der Waals surface area contributed by atoms with Crippen LogP contribution in [0.25, 0.3) is 0 Å². The zero-order chi connectivity index (χ0) is 24.4. The summed E-state index contributed by atoms with van der Waals surface area (Å²) in [7, 11) is 0. The minimum absolute atomic E-state index is 0.0369. The molecular formula is C20H35N5O6S. The maximum atomic E-state index is 13.0. The number of hydrogen-bond donors (Lipinski definition) is 5. The first-order chi connectivity index (χ1) is 15.0. The van der Waals surface area contributed by atoms with Crippen LogP contribution in [0.15, 0.2) is 0 Å². The Morgan fingerprint density at radius 1 is 1.19 bits per heavy atom. The van der Waals surface area contributed by atoms with Crippen molar-refractivity contribution in [1.82, 2.24) is 15.5 Å². The lowest BCUT2D eigenvalue weighted by molar-refractivity contribution is -0.144. The summed E-state index contributed by atoms with van der Waals surface area (Å²) >= 11 is 1.45. The predicted molar refractivity (Wildman–Crippen MR) is 120 cm³/mol. The standard InChI is InChI=1S/C20H35N5O6S/c1-4-11(2)16(22)19(29)25-8-5-6-14(25)18(28)23-12(7-9-32-3)17(27)24-13(20(30)31)10-15(21)26/h11-14,16H,4-10,22H2,1-3H3,(H2,21,26)(H,23,28)(H,24,27)(H,30,31). The number of likely N-dealkylation sites (tertiary alicyclic amines) is 1. The number of carboxylic acid groups (broad SMARTS) is 1. The summed E-state index contributed by atoms with van der Waals surface area (Å²) in [4.78, 5) is 62.4. The number of hydrogen-bond acceptors (Lipinski definition) is 7. The number of nitrogens with one attached hydrogen (secondary N) is 2. The van der Waals surface area contributed by atoms with Gasteiger partial charge in [-0.2, -0.15) is 11.8 Å². The Balaban J connectivity index is 2.91. The number of nitrogens with two attached hydrogens (primary N) is 2. The molecule has 1 heterocycles. The molecule has 1 aliphatic rings. The van der Waals surface area contributed by atoms with Gasteiger partial charge in [0.15, 0.2) is 0 Å². The van der Waals surface area contributed by atoms with E-state index in [2.05, 4.69) is 10.6 Å². The fraction of sp³-hybridized carbons (Fsp3) is 0.750. The minimum atomic E-state index is -1.49. The first-order valence-electron chi connectivity index (χ1n) is 10.7. The first-order valence-corrected chi connectivity index (χ1v) is 12.1. The molecule has 0 spiro atoms. The molecule has 12 heteroatoms.